The van der Waals surface area contributed by atoms with Crippen LogP contribution in [0.25, 0.3) is 0 Å². The van der Waals surface area contributed by atoms with E-state index in [4.69, 9.17) is 4.74 Å². The summed E-state index contributed by atoms with van der Waals surface area (Å²) in [7, 11) is -3.96. The largest absolute Gasteiger partial charge is 0.376 e. The van der Waals surface area contributed by atoms with Crippen molar-refractivity contribution in [2.45, 2.75) is 55.6 Å². The van der Waals surface area contributed by atoms with Crippen LogP contribution in [0.4, 0.5) is 4.39 Å². The van der Waals surface area contributed by atoms with Gasteiger partial charge < -0.3 is 9.64 Å². The minimum Gasteiger partial charge on any atom is -0.376 e. The fraction of sp³-hybridized carbons (Fsp3) is 0.667. The Morgan fingerprint density at radius 2 is 2.00 bits per heavy atom. The van der Waals surface area contributed by atoms with Gasteiger partial charge in [0.1, 0.15) is 10.7 Å². The smallest absolute Gasteiger partial charge is 0.254 e. The van der Waals surface area contributed by atoms with Crippen LogP contribution in [0.2, 0.25) is 0 Å². The number of carbonyl (C=O) groups is 1. The summed E-state index contributed by atoms with van der Waals surface area (Å²) in [4.78, 5) is 14.8. The molecule has 30 heavy (non-hydrogen) atoms. The molecular formula is C21H29FN2O4S2. The van der Waals surface area contributed by atoms with Crippen LogP contribution >= 0.6 is 11.8 Å². The highest BCUT2D eigenvalue weighted by Gasteiger charge is 2.33. The first-order valence-corrected chi connectivity index (χ1v) is 13.4. The Balaban J connectivity index is 1.61. The fourth-order valence-corrected chi connectivity index (χ4v) is 7.25. The number of carbonyl (C=O) groups excluding carboxylic acids is 1. The average Bonchev–Trinajstić information content (AvgIpc) is 3.46. The molecule has 0 saturated carbocycles. The minimum absolute atomic E-state index is 0.0107. The molecule has 6 nitrogen and oxygen atoms in total. The Labute approximate surface area is 182 Å². The first kappa shape index (κ1) is 22.0. The monoisotopic (exact) mass is 456 g/mol. The van der Waals surface area contributed by atoms with E-state index in [1.807, 2.05) is 16.7 Å². The predicted molar refractivity (Wildman–Crippen MR) is 115 cm³/mol. The average molecular weight is 457 g/mol. The number of halogens is 1. The van der Waals surface area contributed by atoms with Gasteiger partial charge in [-0.3, -0.25) is 4.79 Å². The van der Waals surface area contributed by atoms with Crippen molar-refractivity contribution in [2.24, 2.45) is 0 Å². The molecule has 2 atom stereocenters. The lowest BCUT2D eigenvalue weighted by Crippen LogP contribution is -2.44. The van der Waals surface area contributed by atoms with E-state index in [-0.39, 0.29) is 23.6 Å². The van der Waals surface area contributed by atoms with Gasteiger partial charge in [0.25, 0.3) is 5.91 Å². The van der Waals surface area contributed by atoms with Gasteiger partial charge in [0.05, 0.1) is 6.10 Å². The second-order valence-electron chi connectivity index (χ2n) is 8.22. The minimum atomic E-state index is -3.96. The second-order valence-corrected chi connectivity index (χ2v) is 11.3. The van der Waals surface area contributed by atoms with Crippen LogP contribution in [0.3, 0.4) is 0 Å². The van der Waals surface area contributed by atoms with Crippen LogP contribution in [0, 0.1) is 5.82 Å². The molecule has 0 aromatic heterocycles. The third-order valence-electron chi connectivity index (χ3n) is 6.14. The summed E-state index contributed by atoms with van der Waals surface area (Å²) in [6.07, 6.45) is 5.34. The number of sulfonamides is 1. The summed E-state index contributed by atoms with van der Waals surface area (Å²) >= 11 is 1.81. The highest BCUT2D eigenvalue weighted by molar-refractivity contribution is 7.99. The summed E-state index contributed by atoms with van der Waals surface area (Å²) < 4.78 is 47.7. The first-order valence-electron chi connectivity index (χ1n) is 10.8. The standard InChI is InChI=1S/C21H29FN2O4S2/c22-19-7-6-16(13-20(19)30(26,27)23-9-2-1-3-10-23)21(25)24(17-8-12-29-15-17)14-18-5-4-11-28-18/h6-7,13,17-18H,1-5,8-12,14-15H2. The Bertz CT molecular complexity index is 862. The molecule has 4 rings (SSSR count). The number of hydrogen-bond acceptors (Lipinski definition) is 5. The number of nitrogens with zero attached hydrogens (tertiary/aromatic N) is 2. The van der Waals surface area contributed by atoms with E-state index in [9.17, 15) is 17.6 Å². The second kappa shape index (κ2) is 9.54. The number of rotatable bonds is 6. The molecule has 166 valence electrons. The van der Waals surface area contributed by atoms with Crippen LogP contribution in [0.15, 0.2) is 23.1 Å². The predicted octanol–water partition coefficient (Wildman–Crippen LogP) is 3.13. The third kappa shape index (κ3) is 4.69. The van der Waals surface area contributed by atoms with Gasteiger partial charge in [-0.25, -0.2) is 12.8 Å². The van der Waals surface area contributed by atoms with Gasteiger partial charge in [0, 0.05) is 43.6 Å². The van der Waals surface area contributed by atoms with Crippen LogP contribution in [-0.4, -0.2) is 73.4 Å². The van der Waals surface area contributed by atoms with Crippen molar-refractivity contribution >= 4 is 27.7 Å². The summed E-state index contributed by atoms with van der Waals surface area (Å²) in [6.45, 7) is 1.99. The molecule has 2 unspecified atom stereocenters. The molecule has 0 aliphatic carbocycles. The van der Waals surface area contributed by atoms with Gasteiger partial charge in [-0.1, -0.05) is 6.42 Å². The maximum atomic E-state index is 14.6. The highest BCUT2D eigenvalue weighted by Crippen LogP contribution is 2.28. The lowest BCUT2D eigenvalue weighted by molar-refractivity contribution is 0.0441. The van der Waals surface area contributed by atoms with Crippen molar-refractivity contribution in [2.75, 3.05) is 37.7 Å². The lowest BCUT2D eigenvalue weighted by Gasteiger charge is -2.31. The van der Waals surface area contributed by atoms with Crippen molar-refractivity contribution in [3.05, 3.63) is 29.6 Å². The molecule has 1 aromatic carbocycles. The Hall–Kier alpha value is -1.16. The third-order valence-corrected chi connectivity index (χ3v) is 9.20. The molecule has 3 fully saturated rings. The normalized spacial score (nSPS) is 25.5. The van der Waals surface area contributed by atoms with Crippen LogP contribution in [0.1, 0.15) is 48.9 Å². The molecule has 0 N–H and O–H groups in total. The van der Waals surface area contributed by atoms with E-state index in [0.29, 0.717) is 26.2 Å². The molecule has 3 heterocycles. The highest BCUT2D eigenvalue weighted by atomic mass is 32.2. The summed E-state index contributed by atoms with van der Waals surface area (Å²) in [5, 5.41) is 0. The van der Waals surface area contributed by atoms with Gasteiger partial charge in [-0.05, 0) is 56.1 Å². The summed E-state index contributed by atoms with van der Waals surface area (Å²) in [5.74, 6) is 0.809. The SMILES string of the molecule is O=C(c1ccc(F)c(S(=O)(=O)N2CCCCC2)c1)N(CC1CCCO1)C1CCSC1. The van der Waals surface area contributed by atoms with Crippen LogP contribution < -0.4 is 0 Å². The maximum Gasteiger partial charge on any atom is 0.254 e. The Morgan fingerprint density at radius 3 is 2.67 bits per heavy atom. The zero-order chi connectivity index (χ0) is 21.1. The lowest BCUT2D eigenvalue weighted by atomic mass is 10.1. The van der Waals surface area contributed by atoms with E-state index in [2.05, 4.69) is 0 Å². The van der Waals surface area contributed by atoms with Gasteiger partial charge in [-0.2, -0.15) is 16.1 Å². The van der Waals surface area contributed by atoms with Crippen molar-refractivity contribution in [3.63, 3.8) is 0 Å². The van der Waals surface area contributed by atoms with E-state index in [1.165, 1.54) is 16.4 Å². The van der Waals surface area contributed by atoms with Crippen molar-refractivity contribution in [3.8, 4) is 0 Å². The Kier molecular flexibility index (Phi) is 7.01. The molecule has 1 amide bonds. The molecule has 3 aliphatic rings. The number of benzene rings is 1. The van der Waals surface area contributed by atoms with E-state index in [0.717, 1.165) is 56.1 Å². The number of ether oxygens (including phenoxy) is 1. The molecule has 1 aromatic rings. The van der Waals surface area contributed by atoms with Crippen molar-refractivity contribution < 1.29 is 22.3 Å². The van der Waals surface area contributed by atoms with Gasteiger partial charge in [-0.15, -0.1) is 0 Å². The maximum absolute atomic E-state index is 14.6. The van der Waals surface area contributed by atoms with Crippen molar-refractivity contribution in [1.29, 1.82) is 0 Å². The number of hydrogen-bond donors (Lipinski definition) is 0. The molecular weight excluding hydrogens is 427 g/mol. The van der Waals surface area contributed by atoms with Crippen LogP contribution in [0.5, 0.6) is 0 Å². The zero-order valence-corrected chi connectivity index (χ0v) is 18.7. The number of thioether (sulfide) groups is 1. The molecule has 9 heteroatoms. The van der Waals surface area contributed by atoms with Crippen molar-refractivity contribution in [1.82, 2.24) is 9.21 Å². The fourth-order valence-electron chi connectivity index (χ4n) is 4.42. The van der Waals surface area contributed by atoms with E-state index >= 15 is 0 Å². The number of amides is 1. The van der Waals surface area contributed by atoms with Gasteiger partial charge >= 0.3 is 0 Å². The topological polar surface area (TPSA) is 66.9 Å². The van der Waals surface area contributed by atoms with E-state index < -0.39 is 20.7 Å². The molecule has 0 spiro atoms. The molecule has 3 aliphatic heterocycles. The Morgan fingerprint density at radius 1 is 1.20 bits per heavy atom. The quantitative estimate of drug-likeness (QED) is 0.658. The van der Waals surface area contributed by atoms with E-state index in [1.54, 1.807) is 0 Å². The molecule has 0 radical (unpaired) electrons. The summed E-state index contributed by atoms with van der Waals surface area (Å²) in [5.41, 5.74) is 0.224. The molecule has 3 saturated heterocycles. The van der Waals surface area contributed by atoms with Gasteiger partial charge in [0.2, 0.25) is 10.0 Å². The number of piperidine rings is 1. The summed E-state index contributed by atoms with van der Waals surface area (Å²) in [6, 6.07) is 3.83. The molecule has 0 bridgehead atoms. The van der Waals surface area contributed by atoms with Gasteiger partial charge in [0.15, 0.2) is 0 Å². The van der Waals surface area contributed by atoms with Crippen LogP contribution in [-0.2, 0) is 14.8 Å². The first-order chi connectivity index (χ1) is 14.5. The zero-order valence-electron chi connectivity index (χ0n) is 17.1.